The highest BCUT2D eigenvalue weighted by Crippen LogP contribution is 2.27. The summed E-state index contributed by atoms with van der Waals surface area (Å²) in [4.78, 5) is 19.3. The maximum absolute atomic E-state index is 12.7. The lowest BCUT2D eigenvalue weighted by atomic mass is 10.0. The molecular formula is C21H27N3O3. The number of nitrogens with one attached hydrogen (secondary N) is 1. The van der Waals surface area contributed by atoms with Crippen LogP contribution in [-0.2, 0) is 0 Å². The first kappa shape index (κ1) is 19.2. The highest BCUT2D eigenvalue weighted by Gasteiger charge is 2.25. The minimum absolute atomic E-state index is 0.110. The lowest BCUT2D eigenvalue weighted by Crippen LogP contribution is -2.37. The normalized spacial score (nSPS) is 15.3. The summed E-state index contributed by atoms with van der Waals surface area (Å²) < 4.78 is 10.9. The van der Waals surface area contributed by atoms with Crippen LogP contribution in [0.3, 0.4) is 0 Å². The Balaban J connectivity index is 1.75. The zero-order chi connectivity index (χ0) is 19.1. The van der Waals surface area contributed by atoms with Gasteiger partial charge in [-0.3, -0.25) is 9.69 Å². The van der Waals surface area contributed by atoms with E-state index in [0.717, 1.165) is 24.4 Å². The van der Waals surface area contributed by atoms with Gasteiger partial charge in [0.2, 0.25) is 5.88 Å². The van der Waals surface area contributed by atoms with Gasteiger partial charge in [0, 0.05) is 12.7 Å². The van der Waals surface area contributed by atoms with E-state index in [2.05, 4.69) is 21.3 Å². The third-order valence-electron chi connectivity index (χ3n) is 4.81. The first-order valence-corrected chi connectivity index (χ1v) is 9.47. The van der Waals surface area contributed by atoms with E-state index < -0.39 is 0 Å². The van der Waals surface area contributed by atoms with Crippen molar-refractivity contribution in [2.45, 2.75) is 25.8 Å². The standard InChI is InChI=1S/C21H27N3O3/c1-3-27-21-18(10-7-11-22-21)20(25)23-15-19(24-12-4-5-13-24)16-8-6-9-17(14-16)26-2/h6-11,14,19H,3-5,12-13,15H2,1-2H3,(H,23,25). The number of benzene rings is 1. The van der Waals surface area contributed by atoms with Crippen LogP contribution in [0.2, 0.25) is 0 Å². The average molecular weight is 369 g/mol. The molecule has 0 radical (unpaired) electrons. The van der Waals surface area contributed by atoms with Gasteiger partial charge < -0.3 is 14.8 Å². The van der Waals surface area contributed by atoms with Gasteiger partial charge in [0.25, 0.3) is 5.91 Å². The van der Waals surface area contributed by atoms with E-state index in [-0.39, 0.29) is 11.9 Å². The highest BCUT2D eigenvalue weighted by atomic mass is 16.5. The fourth-order valence-electron chi connectivity index (χ4n) is 3.46. The number of carbonyl (C=O) groups excluding carboxylic acids is 1. The van der Waals surface area contributed by atoms with Crippen molar-refractivity contribution in [3.8, 4) is 11.6 Å². The van der Waals surface area contributed by atoms with Gasteiger partial charge >= 0.3 is 0 Å². The zero-order valence-electron chi connectivity index (χ0n) is 16.0. The molecule has 1 atom stereocenters. The second kappa shape index (κ2) is 9.37. The van der Waals surface area contributed by atoms with Gasteiger partial charge in [-0.1, -0.05) is 12.1 Å². The fraction of sp³-hybridized carbons (Fsp3) is 0.429. The Bertz CT molecular complexity index is 760. The molecule has 2 aromatic rings. The SMILES string of the molecule is CCOc1ncccc1C(=O)NCC(c1cccc(OC)c1)N1CCCC1. The molecule has 1 aliphatic heterocycles. The number of nitrogens with zero attached hydrogens (tertiary/aromatic N) is 2. The Morgan fingerprint density at radius 3 is 2.81 bits per heavy atom. The van der Waals surface area contributed by atoms with E-state index in [4.69, 9.17) is 9.47 Å². The van der Waals surface area contributed by atoms with Gasteiger partial charge in [-0.05, 0) is 62.7 Å². The molecule has 0 aliphatic carbocycles. The third kappa shape index (κ3) is 4.77. The van der Waals surface area contributed by atoms with E-state index in [0.29, 0.717) is 24.6 Å². The van der Waals surface area contributed by atoms with Gasteiger partial charge in [-0.25, -0.2) is 4.98 Å². The quantitative estimate of drug-likeness (QED) is 0.775. The molecule has 1 unspecified atom stereocenters. The summed E-state index contributed by atoms with van der Waals surface area (Å²) in [5.74, 6) is 1.03. The molecule has 3 rings (SSSR count). The number of ether oxygens (including phenoxy) is 2. The van der Waals surface area contributed by atoms with Gasteiger partial charge in [-0.2, -0.15) is 0 Å². The number of pyridine rings is 1. The summed E-state index contributed by atoms with van der Waals surface area (Å²) in [7, 11) is 1.67. The number of hydrogen-bond donors (Lipinski definition) is 1. The zero-order valence-corrected chi connectivity index (χ0v) is 16.0. The van der Waals surface area contributed by atoms with Crippen molar-refractivity contribution in [1.82, 2.24) is 15.2 Å². The first-order valence-electron chi connectivity index (χ1n) is 9.47. The minimum atomic E-state index is -0.168. The van der Waals surface area contributed by atoms with Crippen LogP contribution in [0.4, 0.5) is 0 Å². The number of methoxy groups -OCH3 is 1. The maximum atomic E-state index is 12.7. The number of carbonyl (C=O) groups is 1. The lowest BCUT2D eigenvalue weighted by molar-refractivity contribution is 0.0933. The van der Waals surface area contributed by atoms with Crippen molar-refractivity contribution >= 4 is 5.91 Å². The van der Waals surface area contributed by atoms with Gasteiger partial charge in [0.15, 0.2) is 0 Å². The second-order valence-corrected chi connectivity index (χ2v) is 6.53. The number of likely N-dealkylation sites (tertiary alicyclic amines) is 1. The molecule has 144 valence electrons. The summed E-state index contributed by atoms with van der Waals surface area (Å²) in [6, 6.07) is 11.7. The van der Waals surface area contributed by atoms with Crippen LogP contribution in [0.1, 0.15) is 41.7 Å². The monoisotopic (exact) mass is 369 g/mol. The molecule has 1 aliphatic rings. The second-order valence-electron chi connectivity index (χ2n) is 6.53. The van der Waals surface area contributed by atoms with E-state index in [1.54, 1.807) is 25.4 Å². The molecular weight excluding hydrogens is 342 g/mol. The number of aromatic nitrogens is 1. The molecule has 1 aromatic carbocycles. The van der Waals surface area contributed by atoms with Crippen molar-refractivity contribution in [3.63, 3.8) is 0 Å². The minimum Gasteiger partial charge on any atom is -0.497 e. The summed E-state index contributed by atoms with van der Waals surface area (Å²) >= 11 is 0. The summed E-state index contributed by atoms with van der Waals surface area (Å²) in [5, 5.41) is 3.07. The smallest absolute Gasteiger partial charge is 0.256 e. The molecule has 1 N–H and O–H groups in total. The van der Waals surface area contributed by atoms with Crippen molar-refractivity contribution < 1.29 is 14.3 Å². The molecule has 0 spiro atoms. The predicted octanol–water partition coefficient (Wildman–Crippen LogP) is 3.06. The van der Waals surface area contributed by atoms with Crippen molar-refractivity contribution in [1.29, 1.82) is 0 Å². The molecule has 1 aromatic heterocycles. The van der Waals surface area contributed by atoms with E-state index in [1.165, 1.54) is 12.8 Å². The van der Waals surface area contributed by atoms with E-state index in [9.17, 15) is 4.79 Å². The van der Waals surface area contributed by atoms with Crippen LogP contribution in [0, 0.1) is 0 Å². The first-order chi connectivity index (χ1) is 13.2. The largest absolute Gasteiger partial charge is 0.497 e. The van der Waals surface area contributed by atoms with Gasteiger partial charge in [0.1, 0.15) is 11.3 Å². The molecule has 0 saturated carbocycles. The highest BCUT2D eigenvalue weighted by molar-refractivity contribution is 5.96. The van der Waals surface area contributed by atoms with Crippen LogP contribution in [0.5, 0.6) is 11.6 Å². The van der Waals surface area contributed by atoms with Gasteiger partial charge in [-0.15, -0.1) is 0 Å². The van der Waals surface area contributed by atoms with E-state index in [1.807, 2.05) is 25.1 Å². The Labute approximate surface area is 160 Å². The summed E-state index contributed by atoms with van der Waals surface area (Å²) in [5.41, 5.74) is 1.61. The summed E-state index contributed by atoms with van der Waals surface area (Å²) in [6.07, 6.45) is 4.00. The van der Waals surface area contributed by atoms with E-state index >= 15 is 0 Å². The van der Waals surface area contributed by atoms with Crippen LogP contribution < -0.4 is 14.8 Å². The summed E-state index contributed by atoms with van der Waals surface area (Å²) in [6.45, 7) is 4.94. The van der Waals surface area contributed by atoms with Crippen molar-refractivity contribution in [2.24, 2.45) is 0 Å². The fourth-order valence-corrected chi connectivity index (χ4v) is 3.46. The number of hydrogen-bond acceptors (Lipinski definition) is 5. The molecule has 0 bridgehead atoms. The molecule has 1 amide bonds. The molecule has 1 fully saturated rings. The van der Waals surface area contributed by atoms with Crippen LogP contribution in [0.15, 0.2) is 42.6 Å². The average Bonchev–Trinajstić information content (AvgIpc) is 3.23. The number of amides is 1. The molecule has 6 nitrogen and oxygen atoms in total. The Morgan fingerprint density at radius 1 is 1.26 bits per heavy atom. The Hall–Kier alpha value is -2.60. The van der Waals surface area contributed by atoms with Crippen molar-refractivity contribution in [3.05, 3.63) is 53.7 Å². The third-order valence-corrected chi connectivity index (χ3v) is 4.81. The topological polar surface area (TPSA) is 63.7 Å². The molecule has 6 heteroatoms. The lowest BCUT2D eigenvalue weighted by Gasteiger charge is -2.28. The van der Waals surface area contributed by atoms with Crippen LogP contribution in [-0.4, -0.2) is 49.1 Å². The van der Waals surface area contributed by atoms with Crippen molar-refractivity contribution in [2.75, 3.05) is 33.4 Å². The predicted molar refractivity (Wildman–Crippen MR) is 104 cm³/mol. The molecule has 27 heavy (non-hydrogen) atoms. The van der Waals surface area contributed by atoms with Gasteiger partial charge in [0.05, 0.1) is 19.8 Å². The number of rotatable bonds is 8. The maximum Gasteiger partial charge on any atom is 0.256 e. The van der Waals surface area contributed by atoms with Crippen LogP contribution >= 0.6 is 0 Å². The van der Waals surface area contributed by atoms with Crippen LogP contribution in [0.25, 0.3) is 0 Å². The Morgan fingerprint density at radius 2 is 2.07 bits per heavy atom. The Kier molecular flexibility index (Phi) is 6.65. The molecule has 2 heterocycles. The molecule has 1 saturated heterocycles.